The average molecular weight is 382 g/mol. The number of aromatic nitrogens is 3. The highest BCUT2D eigenvalue weighted by atomic mass is 32.2. The van der Waals surface area contributed by atoms with Crippen LogP contribution < -0.4 is 4.74 Å². The molecule has 1 fully saturated rings. The molecular weight excluding hydrogens is 360 g/mol. The van der Waals surface area contributed by atoms with Crippen LogP contribution in [-0.2, 0) is 11.3 Å². The predicted molar refractivity (Wildman–Crippen MR) is 106 cm³/mol. The van der Waals surface area contributed by atoms with Gasteiger partial charge in [0.2, 0.25) is 5.91 Å². The van der Waals surface area contributed by atoms with Crippen LogP contribution >= 0.6 is 11.8 Å². The molecule has 0 unspecified atom stereocenters. The molecule has 3 aromatic rings. The summed E-state index contributed by atoms with van der Waals surface area (Å²) in [6.07, 6.45) is 4.11. The van der Waals surface area contributed by atoms with Gasteiger partial charge in [0, 0.05) is 19.6 Å². The molecule has 0 N–H and O–H groups in total. The second-order valence-electron chi connectivity index (χ2n) is 6.84. The van der Waals surface area contributed by atoms with Crippen LogP contribution in [0.15, 0.2) is 47.9 Å². The van der Waals surface area contributed by atoms with Crippen LogP contribution in [0.25, 0.3) is 10.8 Å². The van der Waals surface area contributed by atoms with Crippen molar-refractivity contribution in [2.75, 3.05) is 19.9 Å². The Hall–Kier alpha value is -2.54. The maximum absolute atomic E-state index is 12.5. The zero-order valence-electron chi connectivity index (χ0n) is 15.5. The minimum Gasteiger partial charge on any atom is -0.497 e. The monoisotopic (exact) mass is 382 g/mol. The first-order valence-electron chi connectivity index (χ1n) is 8.97. The van der Waals surface area contributed by atoms with Gasteiger partial charge in [0.25, 0.3) is 0 Å². The fraction of sp³-hybridized carbons (Fsp3) is 0.350. The van der Waals surface area contributed by atoms with Crippen molar-refractivity contribution in [2.45, 2.75) is 30.6 Å². The molecule has 6 nitrogen and oxygen atoms in total. The number of fused-ring (bicyclic) bond motifs is 1. The number of carbonyl (C=O) groups excluding carboxylic acids is 1. The van der Waals surface area contributed by atoms with E-state index in [0.717, 1.165) is 27.2 Å². The summed E-state index contributed by atoms with van der Waals surface area (Å²) in [6, 6.07) is 12.8. The van der Waals surface area contributed by atoms with E-state index in [9.17, 15) is 4.79 Å². The van der Waals surface area contributed by atoms with Crippen LogP contribution in [0.3, 0.4) is 0 Å². The molecule has 0 atom stereocenters. The number of hydrogen-bond donors (Lipinski definition) is 0. The van der Waals surface area contributed by atoms with Gasteiger partial charge in [0.05, 0.1) is 12.9 Å². The van der Waals surface area contributed by atoms with Crippen LogP contribution in [0.5, 0.6) is 5.75 Å². The molecule has 1 heterocycles. The lowest BCUT2D eigenvalue weighted by Gasteiger charge is -2.17. The second-order valence-corrected chi connectivity index (χ2v) is 7.78. The molecule has 1 saturated carbocycles. The van der Waals surface area contributed by atoms with Crippen molar-refractivity contribution in [3.05, 3.63) is 48.3 Å². The normalized spacial score (nSPS) is 13.7. The van der Waals surface area contributed by atoms with Crippen LogP contribution in [0, 0.1) is 0 Å². The number of hydrogen-bond acceptors (Lipinski definition) is 5. The van der Waals surface area contributed by atoms with E-state index >= 15 is 0 Å². The van der Waals surface area contributed by atoms with Crippen molar-refractivity contribution in [3.63, 3.8) is 0 Å². The number of ether oxygens (including phenoxy) is 1. The van der Waals surface area contributed by atoms with Gasteiger partial charge in [-0.25, -0.2) is 0 Å². The summed E-state index contributed by atoms with van der Waals surface area (Å²) in [7, 11) is 3.51. The number of rotatable bonds is 7. The van der Waals surface area contributed by atoms with E-state index in [1.54, 1.807) is 18.3 Å². The van der Waals surface area contributed by atoms with E-state index in [0.29, 0.717) is 18.3 Å². The Kier molecular flexibility index (Phi) is 5.03. The summed E-state index contributed by atoms with van der Waals surface area (Å²) in [5.74, 6) is 1.30. The molecule has 2 aromatic carbocycles. The number of carbonyl (C=O) groups is 1. The highest BCUT2D eigenvalue weighted by Crippen LogP contribution is 2.37. The minimum atomic E-state index is 0.0835. The van der Waals surface area contributed by atoms with E-state index in [1.807, 2.05) is 25.2 Å². The van der Waals surface area contributed by atoms with Gasteiger partial charge in [-0.05, 0) is 47.4 Å². The van der Waals surface area contributed by atoms with Gasteiger partial charge in [-0.2, -0.15) is 0 Å². The van der Waals surface area contributed by atoms with E-state index in [-0.39, 0.29) is 5.91 Å². The summed E-state index contributed by atoms with van der Waals surface area (Å²) in [5, 5.41) is 11.2. The summed E-state index contributed by atoms with van der Waals surface area (Å²) in [4.78, 5) is 14.3. The zero-order valence-corrected chi connectivity index (χ0v) is 16.3. The lowest BCUT2D eigenvalue weighted by molar-refractivity contribution is -0.127. The van der Waals surface area contributed by atoms with E-state index in [4.69, 9.17) is 4.74 Å². The van der Waals surface area contributed by atoms with Crippen molar-refractivity contribution >= 4 is 28.4 Å². The number of thioether (sulfide) groups is 1. The van der Waals surface area contributed by atoms with Crippen molar-refractivity contribution < 1.29 is 9.53 Å². The number of methoxy groups -OCH3 is 1. The third-order valence-electron chi connectivity index (χ3n) is 4.76. The summed E-state index contributed by atoms with van der Waals surface area (Å²) in [6.45, 7) is 0.580. The van der Waals surface area contributed by atoms with Crippen molar-refractivity contribution in [3.8, 4) is 5.75 Å². The predicted octanol–water partition coefficient (Wildman–Crippen LogP) is 3.53. The molecule has 4 rings (SSSR count). The molecule has 0 radical (unpaired) electrons. The molecule has 1 aliphatic carbocycles. The standard InChI is InChI=1S/C20H22N4O2S/c1-23(19(25)12-27-20-22-21-13-24(20)17-6-7-17)11-14-3-4-16-10-18(26-2)8-5-15(16)9-14/h3-5,8-10,13,17H,6-7,11-12H2,1-2H3. The molecule has 1 amide bonds. The Morgan fingerprint density at radius 2 is 2.04 bits per heavy atom. The summed E-state index contributed by atoms with van der Waals surface area (Å²) < 4.78 is 7.35. The summed E-state index contributed by atoms with van der Waals surface area (Å²) >= 11 is 1.46. The molecule has 1 aliphatic rings. The Bertz CT molecular complexity index is 968. The van der Waals surface area contributed by atoms with Gasteiger partial charge in [0.15, 0.2) is 5.16 Å². The molecule has 7 heteroatoms. The van der Waals surface area contributed by atoms with Crippen LogP contribution in [-0.4, -0.2) is 45.5 Å². The topological polar surface area (TPSA) is 60.2 Å². The second kappa shape index (κ2) is 7.60. The zero-order chi connectivity index (χ0) is 18.8. The quantitative estimate of drug-likeness (QED) is 0.585. The minimum absolute atomic E-state index is 0.0835. The third kappa shape index (κ3) is 4.08. The largest absolute Gasteiger partial charge is 0.497 e. The lowest BCUT2D eigenvalue weighted by Crippen LogP contribution is -2.27. The molecule has 0 spiro atoms. The van der Waals surface area contributed by atoms with Crippen LogP contribution in [0.1, 0.15) is 24.4 Å². The molecule has 0 bridgehead atoms. The molecular formula is C20H22N4O2S. The number of nitrogens with zero attached hydrogens (tertiary/aromatic N) is 4. The van der Waals surface area contributed by atoms with Crippen molar-refractivity contribution in [1.29, 1.82) is 0 Å². The molecule has 0 saturated heterocycles. The highest BCUT2D eigenvalue weighted by Gasteiger charge is 2.26. The Morgan fingerprint density at radius 3 is 2.81 bits per heavy atom. The highest BCUT2D eigenvalue weighted by molar-refractivity contribution is 7.99. The van der Waals surface area contributed by atoms with Gasteiger partial charge in [0.1, 0.15) is 12.1 Å². The number of amides is 1. The van der Waals surface area contributed by atoms with E-state index in [1.165, 1.54) is 24.6 Å². The van der Waals surface area contributed by atoms with Crippen molar-refractivity contribution in [2.24, 2.45) is 0 Å². The number of benzene rings is 2. The smallest absolute Gasteiger partial charge is 0.233 e. The maximum atomic E-state index is 12.5. The first kappa shape index (κ1) is 17.9. The van der Waals surface area contributed by atoms with Gasteiger partial charge in [-0.15, -0.1) is 10.2 Å². The fourth-order valence-electron chi connectivity index (χ4n) is 3.04. The van der Waals surface area contributed by atoms with Gasteiger partial charge >= 0.3 is 0 Å². The van der Waals surface area contributed by atoms with E-state index < -0.39 is 0 Å². The Labute approximate surface area is 162 Å². The molecule has 27 heavy (non-hydrogen) atoms. The molecule has 140 valence electrons. The first-order chi connectivity index (χ1) is 13.1. The SMILES string of the molecule is COc1ccc2cc(CN(C)C(=O)CSc3nncn3C3CC3)ccc2c1. The molecule has 1 aromatic heterocycles. The third-order valence-corrected chi connectivity index (χ3v) is 5.70. The Morgan fingerprint density at radius 1 is 1.26 bits per heavy atom. The maximum Gasteiger partial charge on any atom is 0.233 e. The summed E-state index contributed by atoms with van der Waals surface area (Å²) in [5.41, 5.74) is 1.11. The van der Waals surface area contributed by atoms with Gasteiger partial charge < -0.3 is 14.2 Å². The van der Waals surface area contributed by atoms with Crippen LogP contribution in [0.2, 0.25) is 0 Å². The lowest BCUT2D eigenvalue weighted by atomic mass is 10.1. The first-order valence-corrected chi connectivity index (χ1v) is 9.95. The van der Waals surface area contributed by atoms with Crippen molar-refractivity contribution in [1.82, 2.24) is 19.7 Å². The average Bonchev–Trinajstić information content (AvgIpc) is 3.43. The van der Waals surface area contributed by atoms with Crippen LogP contribution in [0.4, 0.5) is 0 Å². The Balaban J connectivity index is 1.37. The van der Waals surface area contributed by atoms with E-state index in [2.05, 4.69) is 33.0 Å². The van der Waals surface area contributed by atoms with Gasteiger partial charge in [-0.3, -0.25) is 4.79 Å². The van der Waals surface area contributed by atoms with Gasteiger partial charge in [-0.1, -0.05) is 30.0 Å². The fourth-order valence-corrected chi connectivity index (χ4v) is 3.96. The molecule has 0 aliphatic heterocycles.